The minimum absolute atomic E-state index is 0.200. The summed E-state index contributed by atoms with van der Waals surface area (Å²) in [6.07, 6.45) is 1.58. The van der Waals surface area contributed by atoms with Gasteiger partial charge < -0.3 is 14.0 Å². The first-order valence-electron chi connectivity index (χ1n) is 9.52. The smallest absolute Gasteiger partial charge is 0.308 e. The highest BCUT2D eigenvalue weighted by atomic mass is 35.5. The molecule has 31 heavy (non-hydrogen) atoms. The third-order valence-corrected chi connectivity index (χ3v) is 4.73. The monoisotopic (exact) mass is 439 g/mol. The van der Waals surface area contributed by atoms with Gasteiger partial charge in [0.1, 0.15) is 11.5 Å². The van der Waals surface area contributed by atoms with E-state index in [-0.39, 0.29) is 12.6 Å². The number of hydrazone groups is 1. The summed E-state index contributed by atoms with van der Waals surface area (Å²) in [5, 5.41) is 4.46. The number of esters is 1. The maximum atomic E-state index is 12.0. The molecule has 1 amide bonds. The third kappa shape index (κ3) is 5.73. The number of aryl methyl sites for hydroxylation is 1. The van der Waals surface area contributed by atoms with E-state index in [0.29, 0.717) is 16.5 Å². The summed E-state index contributed by atoms with van der Waals surface area (Å²) >= 11 is 6.00. The normalized spacial score (nSPS) is 10.8. The van der Waals surface area contributed by atoms with Crippen LogP contribution in [-0.2, 0) is 9.59 Å². The van der Waals surface area contributed by atoms with Crippen molar-refractivity contribution in [1.29, 1.82) is 0 Å². The zero-order valence-corrected chi connectivity index (χ0v) is 18.1. The molecule has 0 saturated carbocycles. The molecule has 1 N–H and O–H groups in total. The summed E-state index contributed by atoms with van der Waals surface area (Å²) in [6, 6.07) is 16.1. The molecule has 0 unspecified atom stereocenters. The van der Waals surface area contributed by atoms with Crippen molar-refractivity contribution in [2.75, 3.05) is 6.61 Å². The average molecular weight is 440 g/mol. The van der Waals surface area contributed by atoms with Gasteiger partial charge in [-0.05, 0) is 56.3 Å². The van der Waals surface area contributed by atoms with Crippen molar-refractivity contribution in [2.24, 2.45) is 5.10 Å². The van der Waals surface area contributed by atoms with E-state index in [9.17, 15) is 9.59 Å². The first kappa shape index (κ1) is 22.1. The molecule has 1 aromatic heterocycles. The van der Waals surface area contributed by atoms with E-state index in [1.165, 1.54) is 6.92 Å². The van der Waals surface area contributed by atoms with Crippen molar-refractivity contribution < 1.29 is 19.1 Å². The number of ether oxygens (including phenoxy) is 2. The minimum Gasteiger partial charge on any atom is -0.482 e. The Morgan fingerprint density at radius 2 is 1.84 bits per heavy atom. The van der Waals surface area contributed by atoms with E-state index in [1.807, 2.05) is 36.6 Å². The predicted octanol–water partition coefficient (Wildman–Crippen LogP) is 4.20. The summed E-state index contributed by atoms with van der Waals surface area (Å²) in [5.74, 6) is 0.165. The molecule has 0 aliphatic carbocycles. The molecule has 1 heterocycles. The van der Waals surface area contributed by atoms with Crippen LogP contribution in [0.4, 0.5) is 0 Å². The van der Waals surface area contributed by atoms with E-state index < -0.39 is 5.91 Å². The quantitative estimate of drug-likeness (QED) is 0.259. The van der Waals surface area contributed by atoms with Crippen LogP contribution in [0.25, 0.3) is 5.69 Å². The standard InChI is InChI=1S/C23H22ClN3O4/c1-15-12-18(13-25-26-23(29)14-30-22-7-5-4-6-21(22)24)16(2)27(15)19-8-10-20(11-9-19)31-17(3)28/h4-13H,14H2,1-3H3,(H,26,29)/b25-13-. The van der Waals surface area contributed by atoms with E-state index in [0.717, 1.165) is 22.6 Å². The number of hydrogen-bond acceptors (Lipinski definition) is 5. The Morgan fingerprint density at radius 3 is 2.52 bits per heavy atom. The van der Waals surface area contributed by atoms with Gasteiger partial charge in [0.2, 0.25) is 0 Å². The first-order chi connectivity index (χ1) is 14.8. The Morgan fingerprint density at radius 1 is 1.13 bits per heavy atom. The molecule has 2 aromatic carbocycles. The van der Waals surface area contributed by atoms with Gasteiger partial charge in [0.15, 0.2) is 6.61 Å². The van der Waals surface area contributed by atoms with Gasteiger partial charge in [0.05, 0.1) is 11.2 Å². The molecule has 0 saturated heterocycles. The molecular formula is C23H22ClN3O4. The van der Waals surface area contributed by atoms with Crippen LogP contribution in [0.2, 0.25) is 5.02 Å². The fraction of sp³-hybridized carbons (Fsp3) is 0.174. The van der Waals surface area contributed by atoms with E-state index in [2.05, 4.69) is 10.5 Å². The summed E-state index contributed by atoms with van der Waals surface area (Å²) < 4.78 is 12.5. The van der Waals surface area contributed by atoms with E-state index >= 15 is 0 Å². The molecule has 0 aliphatic heterocycles. The number of hydrogen-bond donors (Lipinski definition) is 1. The Hall–Kier alpha value is -3.58. The first-order valence-corrected chi connectivity index (χ1v) is 9.90. The largest absolute Gasteiger partial charge is 0.482 e. The molecule has 0 atom stereocenters. The molecule has 8 heteroatoms. The zero-order valence-electron chi connectivity index (χ0n) is 17.4. The van der Waals surface area contributed by atoms with Crippen molar-refractivity contribution >= 4 is 29.7 Å². The number of carbonyl (C=O) groups excluding carboxylic acids is 2. The number of rotatable bonds is 7. The Labute approximate surface area is 185 Å². The topological polar surface area (TPSA) is 81.9 Å². The molecular weight excluding hydrogens is 418 g/mol. The number of nitrogens with zero attached hydrogens (tertiary/aromatic N) is 2. The lowest BCUT2D eigenvalue weighted by Crippen LogP contribution is -2.24. The second-order valence-electron chi connectivity index (χ2n) is 6.76. The zero-order chi connectivity index (χ0) is 22.4. The molecule has 3 rings (SSSR count). The molecule has 0 aliphatic rings. The van der Waals surface area contributed by atoms with Crippen molar-refractivity contribution in [1.82, 2.24) is 9.99 Å². The highest BCUT2D eigenvalue weighted by Gasteiger charge is 2.10. The van der Waals surface area contributed by atoms with Crippen LogP contribution in [0, 0.1) is 13.8 Å². The predicted molar refractivity (Wildman–Crippen MR) is 119 cm³/mol. The molecule has 0 radical (unpaired) electrons. The minimum atomic E-state index is -0.397. The van der Waals surface area contributed by atoms with Crippen molar-refractivity contribution in [3.8, 4) is 17.2 Å². The second kappa shape index (κ2) is 9.95. The molecule has 0 spiro atoms. The molecule has 0 fully saturated rings. The lowest BCUT2D eigenvalue weighted by Gasteiger charge is -2.10. The maximum Gasteiger partial charge on any atom is 0.308 e. The number of benzene rings is 2. The lowest BCUT2D eigenvalue weighted by molar-refractivity contribution is -0.131. The average Bonchev–Trinajstić information content (AvgIpc) is 3.01. The van der Waals surface area contributed by atoms with Crippen LogP contribution in [-0.4, -0.2) is 29.3 Å². The fourth-order valence-electron chi connectivity index (χ4n) is 3.06. The number of para-hydroxylation sites is 1. The third-order valence-electron chi connectivity index (χ3n) is 4.42. The molecule has 160 valence electrons. The number of aromatic nitrogens is 1. The second-order valence-corrected chi connectivity index (χ2v) is 7.17. The van der Waals surface area contributed by atoms with Gasteiger partial charge in [0, 0.05) is 29.6 Å². The molecule has 7 nitrogen and oxygen atoms in total. The summed E-state index contributed by atoms with van der Waals surface area (Å²) in [4.78, 5) is 23.0. The maximum absolute atomic E-state index is 12.0. The van der Waals surface area contributed by atoms with Gasteiger partial charge >= 0.3 is 5.97 Å². The highest BCUT2D eigenvalue weighted by Crippen LogP contribution is 2.23. The van der Waals surface area contributed by atoms with Crippen LogP contribution in [0.5, 0.6) is 11.5 Å². The van der Waals surface area contributed by atoms with E-state index in [4.69, 9.17) is 21.1 Å². The van der Waals surface area contributed by atoms with Gasteiger partial charge in [0.25, 0.3) is 5.91 Å². The highest BCUT2D eigenvalue weighted by molar-refractivity contribution is 6.32. The van der Waals surface area contributed by atoms with Crippen molar-refractivity contribution in [3.05, 3.63) is 76.6 Å². The number of carbonyl (C=O) groups is 2. The molecule has 3 aromatic rings. The summed E-state index contributed by atoms with van der Waals surface area (Å²) in [6.45, 7) is 5.09. The Balaban J connectivity index is 1.63. The van der Waals surface area contributed by atoms with Gasteiger partial charge in [-0.3, -0.25) is 9.59 Å². The van der Waals surface area contributed by atoms with E-state index in [1.54, 1.807) is 42.6 Å². The van der Waals surface area contributed by atoms with Crippen molar-refractivity contribution in [2.45, 2.75) is 20.8 Å². The van der Waals surface area contributed by atoms with Gasteiger partial charge in [-0.2, -0.15) is 5.10 Å². The van der Waals surface area contributed by atoms with Crippen LogP contribution in [0.3, 0.4) is 0 Å². The van der Waals surface area contributed by atoms with Crippen LogP contribution in [0.15, 0.2) is 59.7 Å². The van der Waals surface area contributed by atoms with Gasteiger partial charge in [-0.25, -0.2) is 5.43 Å². The van der Waals surface area contributed by atoms with Gasteiger partial charge in [-0.15, -0.1) is 0 Å². The number of amides is 1. The number of halogens is 1. The van der Waals surface area contributed by atoms with Crippen LogP contribution >= 0.6 is 11.6 Å². The van der Waals surface area contributed by atoms with Crippen LogP contribution in [0.1, 0.15) is 23.9 Å². The van der Waals surface area contributed by atoms with Crippen molar-refractivity contribution in [3.63, 3.8) is 0 Å². The fourth-order valence-corrected chi connectivity index (χ4v) is 3.25. The summed E-state index contributed by atoms with van der Waals surface area (Å²) in [5.41, 5.74) is 6.16. The lowest BCUT2D eigenvalue weighted by atomic mass is 10.2. The SMILES string of the molecule is CC(=O)Oc1ccc(-n2c(C)cc(/C=N\NC(=O)COc3ccccc3Cl)c2C)cc1. The molecule has 0 bridgehead atoms. The Kier molecular flexibility index (Phi) is 7.10. The van der Waals surface area contributed by atoms with Crippen LogP contribution < -0.4 is 14.9 Å². The number of nitrogens with one attached hydrogen (secondary N) is 1. The summed E-state index contributed by atoms with van der Waals surface area (Å²) in [7, 11) is 0. The Bertz CT molecular complexity index is 1120. The van der Waals surface area contributed by atoms with Gasteiger partial charge in [-0.1, -0.05) is 23.7 Å².